The molecule has 0 aromatic heterocycles. The fourth-order valence-electron chi connectivity index (χ4n) is 0. The minimum absolute atomic E-state index is 2.03. The Balaban J connectivity index is 0. The van der Waals surface area contributed by atoms with Gasteiger partial charge in [-0.15, -0.1) is 0 Å². The van der Waals surface area contributed by atoms with Gasteiger partial charge in [0, 0.05) is 0 Å². The molecule has 8 heteroatoms. The van der Waals surface area contributed by atoms with E-state index in [-0.39, 0.29) is 0 Å². The molecule has 0 amide bonds. The van der Waals surface area contributed by atoms with Gasteiger partial charge in [-0.25, -0.2) is 0 Å². The normalized spacial score (nSPS) is 8.88. The second-order valence-corrected chi connectivity index (χ2v) is 12.4. The van der Waals surface area contributed by atoms with Crippen molar-refractivity contribution in [2.24, 2.45) is 0 Å². The molecule has 8 heavy (non-hydrogen) atoms. The van der Waals surface area contributed by atoms with Crippen LogP contribution in [0.25, 0.3) is 0 Å². The predicted molar refractivity (Wildman–Crippen MR) is 36.8 cm³/mol. The molecule has 0 heterocycles. The molecule has 0 unspecified atom stereocenters. The summed E-state index contributed by atoms with van der Waals surface area (Å²) < 4.78 is 8.74. The molecule has 0 saturated carbocycles. The van der Waals surface area contributed by atoms with Crippen molar-refractivity contribution in [3.63, 3.8) is 0 Å². The molecule has 0 aliphatic carbocycles. The van der Waals surface area contributed by atoms with Crippen LogP contribution >= 0.6 is 34.7 Å². The van der Waals surface area contributed by atoms with E-state index in [1.165, 1.54) is 0 Å². The zero-order valence-electron chi connectivity index (χ0n) is 3.38. The average Bonchev–Trinajstić information content (AvgIpc) is 1.25. The molecular weight excluding hydrogens is 307 g/mol. The topological polar surface area (TPSA) is 57.5 Å². The van der Waals surface area contributed by atoms with Gasteiger partial charge < -0.3 is 9.79 Å². The fraction of sp³-hybridized carbons (Fsp3) is 0. The SMILES string of the molecule is O=[PH](O)O.[Cl][Sb]([Cl])[Cl]. The monoisotopic (exact) mass is 308 g/mol. The van der Waals surface area contributed by atoms with E-state index in [0.717, 1.165) is 0 Å². The molecule has 2 N–H and O–H groups in total. The third-order valence-electron chi connectivity index (χ3n) is 0. The molecular formula is H3Cl3O3PSb. The van der Waals surface area contributed by atoms with E-state index >= 15 is 0 Å². The van der Waals surface area contributed by atoms with E-state index < -0.39 is 25.0 Å². The third-order valence-corrected chi connectivity index (χ3v) is 0. The Morgan fingerprint density at radius 1 is 1.25 bits per heavy atom. The summed E-state index contributed by atoms with van der Waals surface area (Å²) in [5, 5.41) is 0. The third kappa shape index (κ3) is 108. The van der Waals surface area contributed by atoms with Crippen molar-refractivity contribution in [3.05, 3.63) is 0 Å². The van der Waals surface area contributed by atoms with Gasteiger partial charge in [-0.05, 0) is 0 Å². The summed E-state index contributed by atoms with van der Waals surface area (Å²) in [6.45, 7) is 0. The molecule has 0 spiro atoms. The standard InChI is InChI=1S/3ClH.H3O3P.Sb/c;;;1-4(2)3;/h3*1H;4H,(H2,1,2,3);/q;;;;+3/p-3. The zero-order chi connectivity index (χ0) is 7.15. The molecule has 0 atom stereocenters. The molecule has 0 bridgehead atoms. The van der Waals surface area contributed by atoms with E-state index in [1.54, 1.807) is 0 Å². The number of hydrogen-bond acceptors (Lipinski definition) is 1. The van der Waals surface area contributed by atoms with Gasteiger partial charge in [0.25, 0.3) is 0 Å². The van der Waals surface area contributed by atoms with Crippen molar-refractivity contribution < 1.29 is 14.4 Å². The van der Waals surface area contributed by atoms with Crippen LogP contribution in [-0.2, 0) is 4.57 Å². The van der Waals surface area contributed by atoms with Crippen molar-refractivity contribution in [1.29, 1.82) is 0 Å². The van der Waals surface area contributed by atoms with Crippen LogP contribution in [0, 0.1) is 0 Å². The predicted octanol–water partition coefficient (Wildman–Crippen LogP) is 1.05. The van der Waals surface area contributed by atoms with Crippen LogP contribution in [0.5, 0.6) is 0 Å². The van der Waals surface area contributed by atoms with E-state index in [1.807, 2.05) is 0 Å². The molecule has 0 rings (SSSR count). The summed E-state index contributed by atoms with van der Waals surface area (Å²) in [6.07, 6.45) is 0. The van der Waals surface area contributed by atoms with Crippen LogP contribution in [-0.4, -0.2) is 26.6 Å². The molecule has 52 valence electrons. The summed E-state index contributed by atoms with van der Waals surface area (Å²) in [4.78, 5) is 14.3. The first-order valence-corrected chi connectivity index (χ1v) is 12.2. The van der Waals surface area contributed by atoms with E-state index in [0.29, 0.717) is 0 Å². The summed E-state index contributed by atoms with van der Waals surface area (Å²) in [7, 11) is 11.8. The van der Waals surface area contributed by atoms with Gasteiger partial charge in [-0.3, -0.25) is 4.57 Å². The number of rotatable bonds is 0. The molecule has 0 fully saturated rings. The van der Waals surface area contributed by atoms with Crippen LogP contribution in [0.2, 0.25) is 0 Å². The van der Waals surface area contributed by atoms with Crippen LogP contribution in [0.3, 0.4) is 0 Å². The fourth-order valence-corrected chi connectivity index (χ4v) is 0. The molecule has 0 saturated heterocycles. The second-order valence-electron chi connectivity index (χ2n) is 0.474. The van der Waals surface area contributed by atoms with Crippen LogP contribution in [0.15, 0.2) is 0 Å². The maximum atomic E-state index is 8.74. The summed E-state index contributed by atoms with van der Waals surface area (Å²) in [5.41, 5.74) is 0. The number of hydrogen-bond donors (Lipinski definition) is 2. The first kappa shape index (κ1) is 12.5. The van der Waals surface area contributed by atoms with Gasteiger partial charge >= 0.3 is 51.5 Å². The molecule has 3 nitrogen and oxygen atoms in total. The van der Waals surface area contributed by atoms with Gasteiger partial charge in [0.05, 0.1) is 0 Å². The summed E-state index contributed by atoms with van der Waals surface area (Å²) in [5.74, 6) is 0. The van der Waals surface area contributed by atoms with Gasteiger partial charge in [-0.1, -0.05) is 0 Å². The van der Waals surface area contributed by atoms with Gasteiger partial charge in [0.1, 0.15) is 0 Å². The molecule has 0 aliphatic heterocycles. The molecule has 0 radical (unpaired) electrons. The molecule has 0 aliphatic rings. The summed E-state index contributed by atoms with van der Waals surface area (Å²) in [6, 6.07) is 0. The summed E-state index contributed by atoms with van der Waals surface area (Å²) >= 11 is -2.03. The Hall–Kier alpha value is 1.84. The van der Waals surface area contributed by atoms with E-state index in [9.17, 15) is 0 Å². The van der Waals surface area contributed by atoms with Crippen molar-refractivity contribution in [1.82, 2.24) is 0 Å². The first-order chi connectivity index (χ1) is 3.46. The molecule has 0 aromatic carbocycles. The van der Waals surface area contributed by atoms with Gasteiger partial charge in [0.15, 0.2) is 0 Å². The van der Waals surface area contributed by atoms with Gasteiger partial charge in [0.2, 0.25) is 0 Å². The van der Waals surface area contributed by atoms with Crippen LogP contribution in [0.4, 0.5) is 0 Å². The maximum absolute atomic E-state index is 8.74. The van der Waals surface area contributed by atoms with E-state index in [4.69, 9.17) is 40.8 Å². The number of halogens is 3. The van der Waals surface area contributed by atoms with Crippen molar-refractivity contribution in [2.45, 2.75) is 0 Å². The second kappa shape index (κ2) is 8.84. The van der Waals surface area contributed by atoms with Crippen molar-refractivity contribution in [2.75, 3.05) is 0 Å². The van der Waals surface area contributed by atoms with Crippen molar-refractivity contribution >= 4 is 51.5 Å². The Labute approximate surface area is 65.5 Å². The first-order valence-electron chi connectivity index (χ1n) is 1.16. The molecule has 0 aromatic rings. The van der Waals surface area contributed by atoms with Crippen LogP contribution in [0.1, 0.15) is 0 Å². The zero-order valence-corrected chi connectivity index (χ0v) is 9.20. The quantitative estimate of drug-likeness (QED) is 0.519. The minimum atomic E-state index is -3.13. The average molecular weight is 310 g/mol. The van der Waals surface area contributed by atoms with Gasteiger partial charge in [-0.2, -0.15) is 0 Å². The van der Waals surface area contributed by atoms with Crippen molar-refractivity contribution in [3.8, 4) is 0 Å². The Kier molecular flexibility index (Phi) is 13.8. The van der Waals surface area contributed by atoms with Crippen LogP contribution < -0.4 is 0 Å². The van der Waals surface area contributed by atoms with E-state index in [2.05, 4.69) is 0 Å². The Morgan fingerprint density at radius 2 is 1.25 bits per heavy atom. The Bertz CT molecular complexity index is 58.8. The Morgan fingerprint density at radius 3 is 1.25 bits per heavy atom.